The zero-order valence-corrected chi connectivity index (χ0v) is 6.66. The maximum absolute atomic E-state index is 6.52. The molecule has 0 amide bonds. The fourth-order valence-electron chi connectivity index (χ4n) is 0.334. The van der Waals surface area contributed by atoms with E-state index in [1.54, 1.807) is 0 Å². The second-order valence-corrected chi connectivity index (χ2v) is 2.49. The highest BCUT2D eigenvalue weighted by molar-refractivity contribution is 5.61. The fourth-order valence-corrected chi connectivity index (χ4v) is 0.334. The molecule has 0 bridgehead atoms. The van der Waals surface area contributed by atoms with Crippen molar-refractivity contribution in [2.24, 2.45) is 10.9 Å². The maximum Gasteiger partial charge on any atom is 0.178 e. The van der Waals surface area contributed by atoms with E-state index in [9.17, 15) is 0 Å². The minimum Gasteiger partial charge on any atom is -0.435 e. The molecule has 0 fully saturated rings. The van der Waals surface area contributed by atoms with E-state index < -0.39 is 0 Å². The fraction of sp³-hybridized carbons (Fsp3) is 0.714. The highest BCUT2D eigenvalue weighted by Crippen LogP contribution is 2.03. The molecular formula is C7H14N2O. The van der Waals surface area contributed by atoms with E-state index in [1.165, 1.54) is 6.40 Å². The Balaban J connectivity index is 3.54. The molecule has 1 atom stereocenters. The third-order valence-electron chi connectivity index (χ3n) is 1.39. The van der Waals surface area contributed by atoms with Gasteiger partial charge in [0.2, 0.25) is 0 Å². The van der Waals surface area contributed by atoms with E-state index in [0.717, 1.165) is 6.40 Å². The van der Waals surface area contributed by atoms with Gasteiger partial charge in [-0.05, 0) is 12.8 Å². The largest absolute Gasteiger partial charge is 0.435 e. The first-order chi connectivity index (χ1) is 4.68. The van der Waals surface area contributed by atoms with Crippen LogP contribution in [0.1, 0.15) is 20.8 Å². The Morgan fingerprint density at radius 1 is 1.40 bits per heavy atom. The number of nitrogens with zero attached hydrogens (tertiary/aromatic N) is 1. The van der Waals surface area contributed by atoms with Crippen LogP contribution in [0.4, 0.5) is 0 Å². The van der Waals surface area contributed by atoms with Gasteiger partial charge in [0.25, 0.3) is 0 Å². The lowest BCUT2D eigenvalue weighted by Gasteiger charge is -2.07. The van der Waals surface area contributed by atoms with Crippen molar-refractivity contribution in [1.29, 1.82) is 5.41 Å². The molecular weight excluding hydrogens is 128 g/mol. The summed E-state index contributed by atoms with van der Waals surface area (Å²) in [4.78, 5) is 4.01. The topological polar surface area (TPSA) is 45.4 Å². The summed E-state index contributed by atoms with van der Waals surface area (Å²) >= 11 is 0. The Morgan fingerprint density at radius 2 is 2.00 bits per heavy atom. The maximum atomic E-state index is 6.52. The van der Waals surface area contributed by atoms with Crippen molar-refractivity contribution in [3.8, 4) is 0 Å². The molecule has 0 saturated heterocycles. The summed E-state index contributed by atoms with van der Waals surface area (Å²) < 4.78 is 4.50. The van der Waals surface area contributed by atoms with Crippen molar-refractivity contribution < 1.29 is 4.74 Å². The molecule has 0 saturated carbocycles. The van der Waals surface area contributed by atoms with Crippen LogP contribution in [-0.4, -0.2) is 18.8 Å². The molecule has 10 heavy (non-hydrogen) atoms. The van der Waals surface area contributed by atoms with Gasteiger partial charge in [-0.1, -0.05) is 13.8 Å². The Morgan fingerprint density at radius 3 is 2.40 bits per heavy atom. The van der Waals surface area contributed by atoms with Crippen LogP contribution in [0.3, 0.4) is 0 Å². The second-order valence-electron chi connectivity index (χ2n) is 2.49. The van der Waals surface area contributed by atoms with Crippen LogP contribution in [0, 0.1) is 11.3 Å². The van der Waals surface area contributed by atoms with E-state index in [0.29, 0.717) is 5.92 Å². The minimum absolute atomic E-state index is 0.264. The standard InChI is InChI=1S/C7H14N2O/c1-6(2)7(3)9-5-10-4-8/h4-8H,1-3H3/b8-4?,9-5-. The Hall–Kier alpha value is -0.860. The molecule has 0 aliphatic rings. The SMILES string of the molecule is CC(C)C(C)/N=C\OC=N. The van der Waals surface area contributed by atoms with Gasteiger partial charge in [-0.2, -0.15) is 0 Å². The van der Waals surface area contributed by atoms with Crippen molar-refractivity contribution in [3.63, 3.8) is 0 Å². The number of hydrogen-bond acceptors (Lipinski definition) is 3. The highest BCUT2D eigenvalue weighted by Gasteiger charge is 2.01. The Labute approximate surface area is 61.6 Å². The monoisotopic (exact) mass is 142 g/mol. The van der Waals surface area contributed by atoms with Gasteiger partial charge in [0.05, 0.1) is 6.04 Å². The number of hydrogen-bond donors (Lipinski definition) is 1. The van der Waals surface area contributed by atoms with Gasteiger partial charge in [0.15, 0.2) is 12.8 Å². The minimum atomic E-state index is 0.264. The third-order valence-corrected chi connectivity index (χ3v) is 1.39. The molecule has 3 heteroatoms. The van der Waals surface area contributed by atoms with Gasteiger partial charge in [0, 0.05) is 0 Å². The number of rotatable bonds is 4. The summed E-state index contributed by atoms with van der Waals surface area (Å²) in [6.45, 7) is 6.19. The third kappa shape index (κ3) is 4.06. The Kier molecular flexibility index (Phi) is 4.54. The molecule has 0 radical (unpaired) electrons. The molecule has 0 spiro atoms. The summed E-state index contributed by atoms with van der Waals surface area (Å²) in [6, 6.07) is 0.264. The summed E-state index contributed by atoms with van der Waals surface area (Å²) in [5.41, 5.74) is 0. The van der Waals surface area contributed by atoms with Crippen molar-refractivity contribution in [3.05, 3.63) is 0 Å². The van der Waals surface area contributed by atoms with Crippen LogP contribution in [0.2, 0.25) is 0 Å². The molecule has 3 nitrogen and oxygen atoms in total. The van der Waals surface area contributed by atoms with E-state index in [2.05, 4.69) is 23.6 Å². The zero-order chi connectivity index (χ0) is 7.98. The van der Waals surface area contributed by atoms with Crippen LogP contribution in [0.5, 0.6) is 0 Å². The van der Waals surface area contributed by atoms with Crippen LogP contribution >= 0.6 is 0 Å². The predicted molar refractivity (Wildman–Crippen MR) is 42.7 cm³/mol. The van der Waals surface area contributed by atoms with E-state index in [1.807, 2.05) is 6.92 Å². The number of nitrogens with one attached hydrogen (secondary N) is 1. The highest BCUT2D eigenvalue weighted by atomic mass is 16.5. The van der Waals surface area contributed by atoms with Gasteiger partial charge >= 0.3 is 0 Å². The molecule has 0 rings (SSSR count). The average molecular weight is 142 g/mol. The smallest absolute Gasteiger partial charge is 0.178 e. The second kappa shape index (κ2) is 4.97. The van der Waals surface area contributed by atoms with Crippen molar-refractivity contribution in [2.45, 2.75) is 26.8 Å². The summed E-state index contributed by atoms with van der Waals surface area (Å²) in [5.74, 6) is 0.519. The molecule has 0 aromatic rings. The van der Waals surface area contributed by atoms with Crippen molar-refractivity contribution >= 4 is 12.8 Å². The van der Waals surface area contributed by atoms with Crippen molar-refractivity contribution in [1.82, 2.24) is 0 Å². The van der Waals surface area contributed by atoms with E-state index in [4.69, 9.17) is 5.41 Å². The van der Waals surface area contributed by atoms with Gasteiger partial charge in [-0.15, -0.1) is 0 Å². The number of ether oxygens (including phenoxy) is 1. The van der Waals surface area contributed by atoms with Crippen LogP contribution < -0.4 is 0 Å². The molecule has 0 aliphatic carbocycles. The molecule has 1 N–H and O–H groups in total. The lowest BCUT2D eigenvalue weighted by molar-refractivity contribution is 0.511. The van der Waals surface area contributed by atoms with Crippen LogP contribution in [0.15, 0.2) is 4.99 Å². The molecule has 1 unspecified atom stereocenters. The van der Waals surface area contributed by atoms with Gasteiger partial charge < -0.3 is 4.74 Å². The first-order valence-electron chi connectivity index (χ1n) is 3.34. The first kappa shape index (κ1) is 9.14. The lowest BCUT2D eigenvalue weighted by Crippen LogP contribution is -2.07. The van der Waals surface area contributed by atoms with Crippen LogP contribution in [-0.2, 0) is 4.74 Å². The average Bonchev–Trinajstić information content (AvgIpc) is 1.88. The molecule has 0 heterocycles. The van der Waals surface area contributed by atoms with Gasteiger partial charge in [-0.3, -0.25) is 10.4 Å². The van der Waals surface area contributed by atoms with E-state index in [-0.39, 0.29) is 6.04 Å². The first-order valence-corrected chi connectivity index (χ1v) is 3.34. The lowest BCUT2D eigenvalue weighted by atomic mass is 10.1. The van der Waals surface area contributed by atoms with E-state index >= 15 is 0 Å². The number of aliphatic imine (C=N–C) groups is 1. The van der Waals surface area contributed by atoms with Crippen molar-refractivity contribution in [2.75, 3.05) is 0 Å². The van der Waals surface area contributed by atoms with Gasteiger partial charge in [-0.25, -0.2) is 0 Å². The molecule has 0 aliphatic heterocycles. The molecule has 0 aromatic heterocycles. The van der Waals surface area contributed by atoms with Gasteiger partial charge in [0.1, 0.15) is 0 Å². The zero-order valence-electron chi connectivity index (χ0n) is 6.66. The summed E-state index contributed by atoms with van der Waals surface area (Å²) in [6.07, 6.45) is 2.16. The normalized spacial score (nSPS) is 14.0. The quantitative estimate of drug-likeness (QED) is 0.471. The van der Waals surface area contributed by atoms with Crippen LogP contribution in [0.25, 0.3) is 0 Å². The summed E-state index contributed by atoms with van der Waals surface area (Å²) in [5, 5.41) is 6.52. The summed E-state index contributed by atoms with van der Waals surface area (Å²) in [7, 11) is 0. The Bertz CT molecular complexity index is 121. The molecule has 58 valence electrons. The molecule has 0 aromatic carbocycles. The predicted octanol–water partition coefficient (Wildman–Crippen LogP) is 1.68.